The standard InChI is InChI=1S/C40H42N2O12S4/c1-26(8-6-10-35-39(2,3)37-31-16-14-29(55-54-53-43)24-27(31)12-18-33(37)41(35)20-22-56(44,45)46)9-7-11-36-40(4,5)38-32-17-15-30(58(50,51)52)25-28(32)13-19-34(38)42(36)21-23-57(47,48)49/h6-19,24-25H,20-23H2,1-5H3,(H3-,43,44,45,46,47,48,49,50,51,52)/p-3. The molecular formula is C40H39N2O12S4-3. The minimum absolute atomic E-state index is 0.0667. The lowest BCUT2D eigenvalue weighted by molar-refractivity contribution is -0.777. The molecule has 18 heteroatoms. The fourth-order valence-electron chi connectivity index (χ4n) is 7.93. The van der Waals surface area contributed by atoms with Crippen LogP contribution in [-0.2, 0) is 50.6 Å². The minimum atomic E-state index is -4.70. The maximum atomic E-state index is 11.8. The molecular weight excluding hydrogens is 829 g/mol. The average Bonchev–Trinajstić information content (AvgIpc) is 3.49. The Balaban J connectivity index is 1.33. The summed E-state index contributed by atoms with van der Waals surface area (Å²) in [7, 11) is -13.8. The Kier molecular flexibility index (Phi) is 12.0. The van der Waals surface area contributed by atoms with Gasteiger partial charge in [-0.15, -0.1) is 0 Å². The van der Waals surface area contributed by atoms with Gasteiger partial charge in [0.25, 0.3) is 0 Å². The molecule has 0 aliphatic carbocycles. The number of benzene rings is 4. The summed E-state index contributed by atoms with van der Waals surface area (Å²) in [5, 5.41) is 16.8. The van der Waals surface area contributed by atoms with E-state index in [1.54, 1.807) is 34.9 Å². The molecule has 0 fully saturated rings. The summed E-state index contributed by atoms with van der Waals surface area (Å²) in [6.45, 7) is 9.56. The van der Waals surface area contributed by atoms with E-state index in [0.29, 0.717) is 27.1 Å². The van der Waals surface area contributed by atoms with Crippen LogP contribution in [0.2, 0.25) is 0 Å². The fraction of sp³-hybridized carbons (Fsp3) is 0.275. The summed E-state index contributed by atoms with van der Waals surface area (Å²) < 4.78 is 112. The van der Waals surface area contributed by atoms with Gasteiger partial charge in [0.05, 0.1) is 44.0 Å². The Morgan fingerprint density at radius 3 is 2.14 bits per heavy atom. The van der Waals surface area contributed by atoms with Gasteiger partial charge in [-0.2, -0.15) is 8.91 Å². The molecule has 4 aromatic rings. The molecule has 2 heterocycles. The van der Waals surface area contributed by atoms with Crippen molar-refractivity contribution in [1.29, 1.82) is 0 Å². The molecule has 6 rings (SSSR count). The zero-order chi connectivity index (χ0) is 42.4. The molecule has 58 heavy (non-hydrogen) atoms. The first kappa shape index (κ1) is 43.4. The molecule has 14 nitrogen and oxygen atoms in total. The van der Waals surface area contributed by atoms with Crippen LogP contribution in [0.25, 0.3) is 21.5 Å². The van der Waals surface area contributed by atoms with Gasteiger partial charge in [0.1, 0.15) is 20.2 Å². The number of anilines is 1. The largest absolute Gasteiger partial charge is 0.748 e. The molecule has 4 aromatic carbocycles. The van der Waals surface area contributed by atoms with E-state index in [0.717, 1.165) is 50.9 Å². The van der Waals surface area contributed by atoms with E-state index in [9.17, 15) is 44.2 Å². The van der Waals surface area contributed by atoms with Gasteiger partial charge in [0.15, 0.2) is 12.3 Å². The van der Waals surface area contributed by atoms with Gasteiger partial charge in [-0.05, 0) is 90.4 Å². The Hall–Kier alpha value is -4.21. The topological polar surface area (TPSA) is 219 Å². The van der Waals surface area contributed by atoms with Crippen LogP contribution in [0.4, 0.5) is 11.4 Å². The Morgan fingerprint density at radius 1 is 0.810 bits per heavy atom. The zero-order valence-corrected chi connectivity index (χ0v) is 35.3. The first-order valence-corrected chi connectivity index (χ1v) is 23.1. The van der Waals surface area contributed by atoms with E-state index < -0.39 is 52.7 Å². The second-order valence-electron chi connectivity index (χ2n) is 15.0. The lowest BCUT2D eigenvalue weighted by Gasteiger charge is -2.27. The molecule has 0 amide bonds. The number of rotatable bonds is 14. The summed E-state index contributed by atoms with van der Waals surface area (Å²) >= 11 is 0.768. The number of hydrogen-bond donors (Lipinski definition) is 0. The van der Waals surface area contributed by atoms with Gasteiger partial charge in [0, 0.05) is 45.9 Å². The number of fused-ring (bicyclic) bond motifs is 6. The van der Waals surface area contributed by atoms with Crippen LogP contribution in [-0.4, -0.2) is 73.8 Å². The summed E-state index contributed by atoms with van der Waals surface area (Å²) in [5.41, 5.74) is 3.99. The van der Waals surface area contributed by atoms with Gasteiger partial charge in [-0.3, -0.25) is 5.04 Å². The van der Waals surface area contributed by atoms with Crippen LogP contribution < -0.4 is 10.2 Å². The van der Waals surface area contributed by atoms with E-state index >= 15 is 0 Å². The van der Waals surface area contributed by atoms with Crippen molar-refractivity contribution in [3.05, 3.63) is 120 Å². The third-order valence-corrected chi connectivity index (χ3v) is 13.2. The predicted molar refractivity (Wildman–Crippen MR) is 216 cm³/mol. The van der Waals surface area contributed by atoms with Crippen molar-refractivity contribution in [1.82, 2.24) is 0 Å². The molecule has 0 bridgehead atoms. The molecule has 0 saturated carbocycles. The number of nitrogens with zero attached hydrogens (tertiary/aromatic N) is 2. The van der Waals surface area contributed by atoms with E-state index in [2.05, 4.69) is 9.37 Å². The van der Waals surface area contributed by atoms with Gasteiger partial charge in [0.2, 0.25) is 5.69 Å². The van der Waals surface area contributed by atoms with Gasteiger partial charge in [-0.25, -0.2) is 25.3 Å². The third-order valence-electron chi connectivity index (χ3n) is 10.4. The van der Waals surface area contributed by atoms with E-state index in [1.165, 1.54) is 12.1 Å². The van der Waals surface area contributed by atoms with Gasteiger partial charge >= 0.3 is 0 Å². The lowest BCUT2D eigenvalue weighted by Crippen LogP contribution is -2.30. The smallest absolute Gasteiger partial charge is 0.210 e. The summed E-state index contributed by atoms with van der Waals surface area (Å²) in [5.74, 6) is -1.26. The van der Waals surface area contributed by atoms with E-state index in [-0.39, 0.29) is 18.0 Å². The van der Waals surface area contributed by atoms with Crippen LogP contribution in [0, 0.1) is 0 Å². The molecule has 0 saturated heterocycles. The molecule has 0 N–H and O–H groups in total. The fourth-order valence-corrected chi connectivity index (χ4v) is 9.65. The lowest BCUT2D eigenvalue weighted by atomic mass is 9.79. The Labute approximate surface area is 341 Å². The minimum Gasteiger partial charge on any atom is -0.748 e. The van der Waals surface area contributed by atoms with Crippen LogP contribution in [0.1, 0.15) is 45.7 Å². The van der Waals surface area contributed by atoms with Crippen LogP contribution in [0.15, 0.2) is 118 Å². The maximum absolute atomic E-state index is 11.8. The second-order valence-corrected chi connectivity index (χ2v) is 20.2. The van der Waals surface area contributed by atoms with Gasteiger partial charge in [-0.1, -0.05) is 61.9 Å². The van der Waals surface area contributed by atoms with Gasteiger partial charge < -0.3 is 23.8 Å². The zero-order valence-electron chi connectivity index (χ0n) is 32.0. The quantitative estimate of drug-likeness (QED) is 0.0391. The molecule has 2 aliphatic heterocycles. The molecule has 0 spiro atoms. The number of allylic oxidation sites excluding steroid dienone is 8. The molecule has 308 valence electrons. The molecule has 0 aromatic heterocycles. The van der Waals surface area contributed by atoms with Crippen molar-refractivity contribution >= 4 is 81.0 Å². The Morgan fingerprint density at radius 2 is 1.47 bits per heavy atom. The average molecular weight is 868 g/mol. The normalized spacial score (nSPS) is 17.8. The summed E-state index contributed by atoms with van der Waals surface area (Å²) in [4.78, 5) is 2.10. The van der Waals surface area contributed by atoms with Crippen molar-refractivity contribution < 1.29 is 58.1 Å². The van der Waals surface area contributed by atoms with Crippen molar-refractivity contribution in [2.24, 2.45) is 0 Å². The highest BCUT2D eigenvalue weighted by Crippen LogP contribution is 2.51. The highest BCUT2D eigenvalue weighted by atomic mass is 32.2. The summed E-state index contributed by atoms with van der Waals surface area (Å²) in [6.07, 6.45) is 11.0. The monoisotopic (exact) mass is 867 g/mol. The SMILES string of the molecule is CC(C=CC=C1N(CCS(=O)(=O)[O-])c2ccc3cc(SOO[O-])ccc3c2C1(C)C)=CC=CC1=[N+](CCS(=O)(=O)[O-])c2ccc3cc(S(=O)(=O)[O-])ccc3c2C1(C)C. The van der Waals surface area contributed by atoms with Crippen LogP contribution in [0.5, 0.6) is 0 Å². The van der Waals surface area contributed by atoms with Crippen molar-refractivity contribution in [2.45, 2.75) is 55.2 Å². The van der Waals surface area contributed by atoms with E-state index in [4.69, 9.17) is 0 Å². The summed E-state index contributed by atoms with van der Waals surface area (Å²) in [6, 6.07) is 16.7. The van der Waals surface area contributed by atoms with Crippen LogP contribution >= 0.6 is 12.0 Å². The predicted octanol–water partition coefficient (Wildman–Crippen LogP) is 5.33. The van der Waals surface area contributed by atoms with Crippen molar-refractivity contribution in [2.75, 3.05) is 29.5 Å². The third kappa shape index (κ3) is 9.01. The van der Waals surface area contributed by atoms with E-state index in [1.807, 2.05) is 94.2 Å². The highest BCUT2D eigenvalue weighted by Gasteiger charge is 2.46. The molecule has 0 unspecified atom stereocenters. The van der Waals surface area contributed by atoms with Crippen molar-refractivity contribution in [3.8, 4) is 0 Å². The highest BCUT2D eigenvalue weighted by molar-refractivity contribution is 7.94. The van der Waals surface area contributed by atoms with Crippen LogP contribution in [0.3, 0.4) is 0 Å². The second kappa shape index (κ2) is 16.1. The molecule has 0 radical (unpaired) electrons. The first-order valence-electron chi connectivity index (χ1n) is 17.8. The molecule has 0 atom stereocenters. The number of hydrogen-bond acceptors (Lipinski definition) is 14. The van der Waals surface area contributed by atoms with Crippen molar-refractivity contribution in [3.63, 3.8) is 0 Å². The maximum Gasteiger partial charge on any atom is 0.210 e. The first-order chi connectivity index (χ1) is 27.0. The molecule has 2 aliphatic rings. The Bertz CT molecular complexity index is 2820.